The van der Waals surface area contributed by atoms with E-state index in [9.17, 15) is 4.79 Å². The monoisotopic (exact) mass is 495 g/mol. The van der Waals surface area contributed by atoms with Crippen molar-refractivity contribution >= 4 is 22.6 Å². The molecule has 1 aliphatic rings. The van der Waals surface area contributed by atoms with Crippen LogP contribution in [-0.2, 0) is 4.74 Å². The summed E-state index contributed by atoms with van der Waals surface area (Å²) in [7, 11) is 0. The summed E-state index contributed by atoms with van der Waals surface area (Å²) in [6.07, 6.45) is 8.70. The lowest BCUT2D eigenvalue weighted by molar-refractivity contribution is 0.0888. The maximum absolute atomic E-state index is 12.8. The fraction of sp³-hybridized carbons (Fsp3) is 0.321. The molecule has 9 heteroatoms. The van der Waals surface area contributed by atoms with Crippen molar-refractivity contribution in [2.24, 2.45) is 0 Å². The molecule has 37 heavy (non-hydrogen) atoms. The topological polar surface area (TPSA) is 101 Å². The number of aromatic amines is 1. The molecule has 6 rings (SSSR count). The lowest BCUT2D eigenvalue weighted by Crippen LogP contribution is -2.41. The first-order valence-corrected chi connectivity index (χ1v) is 12.8. The molecular weight excluding hydrogens is 466 g/mol. The number of hydrogen-bond acceptors (Lipinski definition) is 6. The highest BCUT2D eigenvalue weighted by Gasteiger charge is 2.43. The minimum atomic E-state index is -0.250. The van der Waals surface area contributed by atoms with Crippen molar-refractivity contribution in [3.63, 3.8) is 0 Å². The van der Waals surface area contributed by atoms with Gasteiger partial charge in [0.15, 0.2) is 5.65 Å². The standard InChI is InChI=1S/C28H29N7O2/c1-4-19-15-21(17(3)34(19)28(36)37-5-2)24-11-14-30-27-25(20-7-6-8-23-22(20)16-31-32-23)26(33-35(24)27)18-9-12-29-13-10-18/h6-14,16-17,19,21H,4-5,15H2,1-3H3,(H,31,32). The first-order chi connectivity index (χ1) is 18.1. The zero-order valence-electron chi connectivity index (χ0n) is 21.1. The maximum atomic E-state index is 12.8. The van der Waals surface area contributed by atoms with Gasteiger partial charge in [-0.15, -0.1) is 0 Å². The molecular formula is C28H29N7O2. The molecule has 1 amide bonds. The van der Waals surface area contributed by atoms with Gasteiger partial charge in [-0.05, 0) is 56.5 Å². The molecule has 9 nitrogen and oxygen atoms in total. The number of rotatable bonds is 5. The van der Waals surface area contributed by atoms with E-state index in [1.165, 1.54) is 0 Å². The lowest BCUT2D eigenvalue weighted by Gasteiger charge is -2.28. The van der Waals surface area contributed by atoms with Gasteiger partial charge in [-0.2, -0.15) is 10.2 Å². The number of carbonyl (C=O) groups is 1. The molecule has 0 radical (unpaired) electrons. The molecule has 1 N–H and O–H groups in total. The number of hydrogen-bond donors (Lipinski definition) is 1. The van der Waals surface area contributed by atoms with Crippen LogP contribution in [-0.4, -0.2) is 59.5 Å². The summed E-state index contributed by atoms with van der Waals surface area (Å²) >= 11 is 0. The second-order valence-corrected chi connectivity index (χ2v) is 9.45. The summed E-state index contributed by atoms with van der Waals surface area (Å²) in [6.45, 7) is 6.42. The Morgan fingerprint density at radius 1 is 1.14 bits per heavy atom. The third-order valence-corrected chi connectivity index (χ3v) is 7.53. The van der Waals surface area contributed by atoms with Crippen molar-refractivity contribution in [3.8, 4) is 22.4 Å². The number of H-pyrrole nitrogens is 1. The molecule has 5 aromatic rings. The molecule has 4 aromatic heterocycles. The Morgan fingerprint density at radius 2 is 1.97 bits per heavy atom. The summed E-state index contributed by atoms with van der Waals surface area (Å²) in [4.78, 5) is 23.8. The summed E-state index contributed by atoms with van der Waals surface area (Å²) in [5, 5.41) is 13.5. The van der Waals surface area contributed by atoms with Crippen LogP contribution in [0.2, 0.25) is 0 Å². The lowest BCUT2D eigenvalue weighted by atomic mass is 9.95. The van der Waals surface area contributed by atoms with Crippen LogP contribution in [0.3, 0.4) is 0 Å². The van der Waals surface area contributed by atoms with Crippen LogP contribution >= 0.6 is 0 Å². The van der Waals surface area contributed by atoms with E-state index in [0.717, 1.165) is 57.5 Å². The molecule has 0 spiro atoms. The van der Waals surface area contributed by atoms with Gasteiger partial charge in [-0.1, -0.05) is 19.1 Å². The van der Waals surface area contributed by atoms with Gasteiger partial charge in [0, 0.05) is 47.5 Å². The number of benzene rings is 1. The number of nitrogens with one attached hydrogen (secondary N) is 1. The Labute approximate surface area is 214 Å². The zero-order chi connectivity index (χ0) is 25.5. The van der Waals surface area contributed by atoms with Crippen LogP contribution in [0.5, 0.6) is 0 Å². The van der Waals surface area contributed by atoms with Crippen LogP contribution in [0.15, 0.2) is 61.2 Å². The first kappa shape index (κ1) is 23.1. The van der Waals surface area contributed by atoms with Crippen molar-refractivity contribution in [2.45, 2.75) is 51.6 Å². The first-order valence-electron chi connectivity index (χ1n) is 12.8. The quantitative estimate of drug-likeness (QED) is 0.348. The maximum Gasteiger partial charge on any atom is 0.410 e. The highest BCUT2D eigenvalue weighted by atomic mass is 16.6. The van der Waals surface area contributed by atoms with E-state index in [4.69, 9.17) is 14.8 Å². The van der Waals surface area contributed by atoms with Gasteiger partial charge in [0.2, 0.25) is 0 Å². The molecule has 5 heterocycles. The summed E-state index contributed by atoms with van der Waals surface area (Å²) in [6, 6.07) is 12.1. The van der Waals surface area contributed by atoms with E-state index in [2.05, 4.69) is 35.1 Å². The van der Waals surface area contributed by atoms with Crippen LogP contribution in [0.4, 0.5) is 4.79 Å². The highest BCUT2D eigenvalue weighted by molar-refractivity contribution is 6.02. The van der Waals surface area contributed by atoms with Crippen LogP contribution in [0, 0.1) is 0 Å². The number of pyridine rings is 1. The minimum absolute atomic E-state index is 0.0380. The number of likely N-dealkylation sites (tertiary alicyclic amines) is 1. The van der Waals surface area contributed by atoms with Gasteiger partial charge < -0.3 is 9.64 Å². The Kier molecular flexibility index (Phi) is 5.82. The van der Waals surface area contributed by atoms with E-state index in [-0.39, 0.29) is 24.1 Å². The molecule has 3 unspecified atom stereocenters. The summed E-state index contributed by atoms with van der Waals surface area (Å²) < 4.78 is 7.37. The molecule has 1 aliphatic heterocycles. The van der Waals surface area contributed by atoms with Gasteiger partial charge in [-0.3, -0.25) is 10.1 Å². The van der Waals surface area contributed by atoms with E-state index in [1.807, 2.05) is 59.1 Å². The van der Waals surface area contributed by atoms with E-state index < -0.39 is 0 Å². The number of fused-ring (bicyclic) bond motifs is 2. The number of carbonyl (C=O) groups excluding carboxylic acids is 1. The predicted octanol–water partition coefficient (Wildman–Crippen LogP) is 5.45. The van der Waals surface area contributed by atoms with Crippen LogP contribution < -0.4 is 0 Å². The molecule has 3 atom stereocenters. The Hall–Kier alpha value is -4.27. The van der Waals surface area contributed by atoms with Crippen LogP contribution in [0.25, 0.3) is 38.9 Å². The fourth-order valence-corrected chi connectivity index (χ4v) is 5.76. The Bertz CT molecular complexity index is 1580. The van der Waals surface area contributed by atoms with E-state index in [1.54, 1.807) is 12.4 Å². The van der Waals surface area contributed by atoms with Crippen LogP contribution in [0.1, 0.15) is 45.2 Å². The van der Waals surface area contributed by atoms with E-state index >= 15 is 0 Å². The number of amides is 1. The summed E-state index contributed by atoms with van der Waals surface area (Å²) in [5.74, 6) is 0.0858. The fourth-order valence-electron chi connectivity index (χ4n) is 5.76. The van der Waals surface area contributed by atoms with Gasteiger partial charge in [0.1, 0.15) is 5.69 Å². The highest BCUT2D eigenvalue weighted by Crippen LogP contribution is 2.42. The molecule has 1 fully saturated rings. The third-order valence-electron chi connectivity index (χ3n) is 7.53. The second-order valence-electron chi connectivity index (χ2n) is 9.45. The molecule has 1 saturated heterocycles. The van der Waals surface area contributed by atoms with Gasteiger partial charge in [0.25, 0.3) is 0 Å². The minimum Gasteiger partial charge on any atom is -0.450 e. The smallest absolute Gasteiger partial charge is 0.410 e. The number of nitrogens with zero attached hydrogens (tertiary/aromatic N) is 6. The largest absolute Gasteiger partial charge is 0.450 e. The second kappa shape index (κ2) is 9.31. The van der Waals surface area contributed by atoms with Gasteiger partial charge in [0.05, 0.1) is 29.6 Å². The normalized spacial score (nSPS) is 19.6. The average molecular weight is 496 g/mol. The SMILES string of the molecule is CCOC(=O)N1C(CC)CC(c2ccnc3c(-c4cccc5[nH]ncc45)c(-c4ccncc4)nn23)C1C. The number of aromatic nitrogens is 6. The Balaban J connectivity index is 1.56. The van der Waals surface area contributed by atoms with E-state index in [0.29, 0.717) is 6.61 Å². The Morgan fingerprint density at radius 3 is 2.76 bits per heavy atom. The molecule has 0 saturated carbocycles. The van der Waals surface area contributed by atoms with Crippen molar-refractivity contribution in [1.82, 2.24) is 34.7 Å². The van der Waals surface area contributed by atoms with Crippen molar-refractivity contribution in [1.29, 1.82) is 0 Å². The average Bonchev–Trinajstić information content (AvgIpc) is 3.64. The molecule has 1 aromatic carbocycles. The van der Waals surface area contributed by atoms with Crippen molar-refractivity contribution in [2.75, 3.05) is 6.61 Å². The molecule has 188 valence electrons. The zero-order valence-corrected chi connectivity index (χ0v) is 21.1. The van der Waals surface area contributed by atoms with Crippen molar-refractivity contribution < 1.29 is 9.53 Å². The van der Waals surface area contributed by atoms with Gasteiger partial charge >= 0.3 is 6.09 Å². The number of ether oxygens (including phenoxy) is 1. The predicted molar refractivity (Wildman–Crippen MR) is 141 cm³/mol. The van der Waals surface area contributed by atoms with Gasteiger partial charge in [-0.25, -0.2) is 14.3 Å². The van der Waals surface area contributed by atoms with Crippen molar-refractivity contribution in [3.05, 3.63) is 66.9 Å². The summed E-state index contributed by atoms with van der Waals surface area (Å²) in [5.41, 5.74) is 6.50. The third kappa shape index (κ3) is 3.73. The molecule has 0 aliphatic carbocycles. The molecule has 0 bridgehead atoms.